The lowest BCUT2D eigenvalue weighted by Crippen LogP contribution is -2.28. The van der Waals surface area contributed by atoms with Gasteiger partial charge in [-0.25, -0.2) is 0 Å². The molecule has 2 aromatic rings. The number of aliphatic hydroxyl groups excluding tert-OH is 1. The average molecular weight is 279 g/mol. The van der Waals surface area contributed by atoms with Crippen LogP contribution in [0.1, 0.15) is 50.7 Å². The van der Waals surface area contributed by atoms with Crippen molar-refractivity contribution in [1.82, 2.24) is 10.2 Å². The standard InChI is InChI=1S/C15H19ClN2O/c1-15(5-3-2-4-6-15)14(19)12-8-11(16)7-10-9-17-18-13(10)12/h7-9,14,19H,2-6H2,1H3,(H,17,18). The summed E-state index contributed by atoms with van der Waals surface area (Å²) in [6, 6.07) is 3.74. The quantitative estimate of drug-likeness (QED) is 0.864. The van der Waals surface area contributed by atoms with Crippen molar-refractivity contribution in [3.8, 4) is 0 Å². The molecule has 102 valence electrons. The Morgan fingerprint density at radius 1 is 1.32 bits per heavy atom. The third-order valence-corrected chi connectivity index (χ3v) is 4.71. The van der Waals surface area contributed by atoms with Crippen molar-refractivity contribution in [3.63, 3.8) is 0 Å². The number of fused-ring (bicyclic) bond motifs is 1. The van der Waals surface area contributed by atoms with Crippen LogP contribution in [0.2, 0.25) is 5.02 Å². The van der Waals surface area contributed by atoms with Crippen molar-refractivity contribution >= 4 is 22.5 Å². The second-order valence-electron chi connectivity index (χ2n) is 5.95. The zero-order valence-corrected chi connectivity index (χ0v) is 11.9. The molecule has 1 unspecified atom stereocenters. The summed E-state index contributed by atoms with van der Waals surface area (Å²) in [6.45, 7) is 2.18. The van der Waals surface area contributed by atoms with E-state index >= 15 is 0 Å². The van der Waals surface area contributed by atoms with Crippen molar-refractivity contribution < 1.29 is 5.11 Å². The van der Waals surface area contributed by atoms with Crippen LogP contribution < -0.4 is 0 Å². The highest BCUT2D eigenvalue weighted by Crippen LogP contribution is 2.47. The van der Waals surface area contributed by atoms with Crippen LogP contribution >= 0.6 is 11.6 Å². The number of H-pyrrole nitrogens is 1. The third kappa shape index (κ3) is 2.26. The second kappa shape index (κ2) is 4.80. The molecule has 0 aliphatic heterocycles. The van der Waals surface area contributed by atoms with Crippen molar-refractivity contribution in [1.29, 1.82) is 0 Å². The highest BCUT2D eigenvalue weighted by atomic mass is 35.5. The van der Waals surface area contributed by atoms with Crippen LogP contribution in [0.5, 0.6) is 0 Å². The second-order valence-corrected chi connectivity index (χ2v) is 6.38. The molecule has 1 saturated carbocycles. The Labute approximate surface area is 118 Å². The molecule has 0 saturated heterocycles. The van der Waals surface area contributed by atoms with Crippen molar-refractivity contribution in [2.24, 2.45) is 5.41 Å². The zero-order valence-electron chi connectivity index (χ0n) is 11.1. The number of aromatic amines is 1. The number of hydrogen-bond donors (Lipinski definition) is 2. The lowest BCUT2D eigenvalue weighted by Gasteiger charge is -2.38. The van der Waals surface area contributed by atoms with Crippen molar-refractivity contribution in [2.75, 3.05) is 0 Å². The first-order valence-corrected chi connectivity index (χ1v) is 7.28. The Balaban J connectivity index is 2.05. The van der Waals surface area contributed by atoms with Crippen LogP contribution in [-0.4, -0.2) is 15.3 Å². The number of nitrogens with one attached hydrogen (secondary N) is 1. The molecule has 0 bridgehead atoms. The van der Waals surface area contributed by atoms with Gasteiger partial charge in [0.15, 0.2) is 0 Å². The van der Waals surface area contributed by atoms with E-state index in [9.17, 15) is 5.11 Å². The Morgan fingerprint density at radius 2 is 2.05 bits per heavy atom. The van der Waals surface area contributed by atoms with Gasteiger partial charge < -0.3 is 5.11 Å². The first-order valence-electron chi connectivity index (χ1n) is 6.91. The predicted molar refractivity (Wildman–Crippen MR) is 77.3 cm³/mol. The smallest absolute Gasteiger partial charge is 0.0864 e. The van der Waals surface area contributed by atoms with Gasteiger partial charge in [-0.15, -0.1) is 0 Å². The lowest BCUT2D eigenvalue weighted by atomic mass is 9.70. The third-order valence-electron chi connectivity index (χ3n) is 4.49. The molecule has 0 spiro atoms. The van der Waals surface area contributed by atoms with Gasteiger partial charge in [0.05, 0.1) is 17.8 Å². The van der Waals surface area contributed by atoms with Gasteiger partial charge in [-0.2, -0.15) is 5.10 Å². The van der Waals surface area contributed by atoms with E-state index in [4.69, 9.17) is 11.6 Å². The largest absolute Gasteiger partial charge is 0.388 e. The van der Waals surface area contributed by atoms with Crippen LogP contribution in [-0.2, 0) is 0 Å². The molecule has 0 radical (unpaired) electrons. The van der Waals surface area contributed by atoms with E-state index < -0.39 is 6.10 Å². The molecule has 3 nitrogen and oxygen atoms in total. The highest BCUT2D eigenvalue weighted by molar-refractivity contribution is 6.31. The van der Waals surface area contributed by atoms with Crippen LogP contribution in [0.3, 0.4) is 0 Å². The maximum absolute atomic E-state index is 10.8. The van der Waals surface area contributed by atoms with Crippen LogP contribution in [0, 0.1) is 5.41 Å². The summed E-state index contributed by atoms with van der Waals surface area (Å²) >= 11 is 6.16. The van der Waals surface area contributed by atoms with Crippen LogP contribution in [0.4, 0.5) is 0 Å². The van der Waals surface area contributed by atoms with Gasteiger partial charge in [0.25, 0.3) is 0 Å². The Hall–Kier alpha value is -1.06. The molecule has 19 heavy (non-hydrogen) atoms. The summed E-state index contributed by atoms with van der Waals surface area (Å²) in [6.07, 6.45) is 7.06. The van der Waals surface area contributed by atoms with Gasteiger partial charge >= 0.3 is 0 Å². The maximum atomic E-state index is 10.8. The highest BCUT2D eigenvalue weighted by Gasteiger charge is 2.36. The number of aliphatic hydroxyl groups is 1. The fraction of sp³-hybridized carbons (Fsp3) is 0.533. The molecular weight excluding hydrogens is 260 g/mol. The molecule has 1 fully saturated rings. The summed E-state index contributed by atoms with van der Waals surface area (Å²) in [5, 5.41) is 19.5. The zero-order chi connectivity index (χ0) is 13.5. The molecule has 1 aliphatic rings. The number of benzene rings is 1. The van der Waals surface area contributed by atoms with Crippen molar-refractivity contribution in [2.45, 2.75) is 45.1 Å². The van der Waals surface area contributed by atoms with Gasteiger partial charge in [-0.05, 0) is 30.4 Å². The van der Waals surface area contributed by atoms with Crippen LogP contribution in [0.25, 0.3) is 10.9 Å². The Bertz CT molecular complexity index is 587. The fourth-order valence-corrected chi connectivity index (χ4v) is 3.51. The van der Waals surface area contributed by atoms with Gasteiger partial charge in [-0.3, -0.25) is 5.10 Å². The number of hydrogen-bond acceptors (Lipinski definition) is 2. The minimum atomic E-state index is -0.491. The molecule has 4 heteroatoms. The summed E-state index contributed by atoms with van der Waals surface area (Å²) in [5.41, 5.74) is 1.73. The Morgan fingerprint density at radius 3 is 2.79 bits per heavy atom. The summed E-state index contributed by atoms with van der Waals surface area (Å²) in [5.74, 6) is 0. The minimum absolute atomic E-state index is 0.0546. The minimum Gasteiger partial charge on any atom is -0.388 e. The van der Waals surface area contributed by atoms with E-state index in [1.807, 2.05) is 12.1 Å². The average Bonchev–Trinajstić information content (AvgIpc) is 2.85. The summed E-state index contributed by atoms with van der Waals surface area (Å²) in [4.78, 5) is 0. The summed E-state index contributed by atoms with van der Waals surface area (Å²) < 4.78 is 0. The van der Waals surface area contributed by atoms with E-state index in [1.165, 1.54) is 19.3 Å². The number of rotatable bonds is 2. The van der Waals surface area contributed by atoms with E-state index in [0.717, 1.165) is 29.3 Å². The molecule has 1 heterocycles. The molecule has 3 rings (SSSR count). The first-order chi connectivity index (χ1) is 9.10. The number of nitrogens with zero attached hydrogens (tertiary/aromatic N) is 1. The molecule has 2 N–H and O–H groups in total. The first kappa shape index (κ1) is 12.9. The van der Waals surface area contributed by atoms with Gasteiger partial charge in [0.2, 0.25) is 0 Å². The van der Waals surface area contributed by atoms with Gasteiger partial charge in [0, 0.05) is 16.0 Å². The maximum Gasteiger partial charge on any atom is 0.0864 e. The Kier molecular flexibility index (Phi) is 3.27. The normalized spacial score (nSPS) is 20.6. The number of halogens is 1. The van der Waals surface area contributed by atoms with Gasteiger partial charge in [-0.1, -0.05) is 37.8 Å². The molecular formula is C15H19ClN2O. The number of aromatic nitrogens is 2. The van der Waals surface area contributed by atoms with E-state index in [1.54, 1.807) is 6.20 Å². The monoisotopic (exact) mass is 278 g/mol. The van der Waals surface area contributed by atoms with E-state index in [2.05, 4.69) is 17.1 Å². The van der Waals surface area contributed by atoms with Crippen LogP contribution in [0.15, 0.2) is 18.3 Å². The topological polar surface area (TPSA) is 48.9 Å². The predicted octanol–water partition coefficient (Wildman–Crippen LogP) is 4.22. The SMILES string of the molecule is CC1(C(O)c2cc(Cl)cc3cn[nH]c23)CCCCC1. The molecule has 1 atom stereocenters. The van der Waals surface area contributed by atoms with E-state index in [0.29, 0.717) is 5.02 Å². The molecule has 0 amide bonds. The fourth-order valence-electron chi connectivity index (χ4n) is 3.27. The molecule has 1 aliphatic carbocycles. The molecule has 1 aromatic carbocycles. The van der Waals surface area contributed by atoms with Gasteiger partial charge in [0.1, 0.15) is 0 Å². The lowest BCUT2D eigenvalue weighted by molar-refractivity contribution is 0.00907. The van der Waals surface area contributed by atoms with E-state index in [-0.39, 0.29) is 5.41 Å². The van der Waals surface area contributed by atoms with Crippen molar-refractivity contribution in [3.05, 3.63) is 28.9 Å². The molecule has 1 aromatic heterocycles. The summed E-state index contributed by atoms with van der Waals surface area (Å²) in [7, 11) is 0.